The van der Waals surface area contributed by atoms with Crippen molar-refractivity contribution in [1.82, 2.24) is 5.32 Å². The Kier molecular flexibility index (Phi) is 5.45. The van der Waals surface area contributed by atoms with Crippen LogP contribution in [0.5, 0.6) is 0 Å². The zero-order chi connectivity index (χ0) is 13.7. The first kappa shape index (κ1) is 14.6. The third-order valence-corrected chi connectivity index (χ3v) is 4.46. The van der Waals surface area contributed by atoms with E-state index in [0.29, 0.717) is 6.04 Å². The van der Waals surface area contributed by atoms with Crippen molar-refractivity contribution in [2.24, 2.45) is 17.8 Å². The van der Waals surface area contributed by atoms with E-state index in [1.807, 2.05) is 0 Å². The average molecular weight is 259 g/mol. The van der Waals surface area contributed by atoms with Crippen molar-refractivity contribution in [3.05, 3.63) is 35.9 Å². The summed E-state index contributed by atoms with van der Waals surface area (Å²) in [7, 11) is 0. The number of hydrogen-bond acceptors (Lipinski definition) is 1. The lowest BCUT2D eigenvalue weighted by atomic mass is 9.72. The van der Waals surface area contributed by atoms with Gasteiger partial charge in [0.15, 0.2) is 0 Å². The second-order valence-electron chi connectivity index (χ2n) is 6.52. The summed E-state index contributed by atoms with van der Waals surface area (Å²) in [5.41, 5.74) is 1.47. The Morgan fingerprint density at radius 1 is 1.05 bits per heavy atom. The molecule has 0 radical (unpaired) electrons. The first-order valence-corrected chi connectivity index (χ1v) is 7.99. The highest BCUT2D eigenvalue weighted by Crippen LogP contribution is 2.39. The highest BCUT2D eigenvalue weighted by atomic mass is 14.9. The van der Waals surface area contributed by atoms with Crippen LogP contribution in [-0.2, 0) is 0 Å². The quantitative estimate of drug-likeness (QED) is 0.801. The lowest BCUT2D eigenvalue weighted by molar-refractivity contribution is 0.176. The summed E-state index contributed by atoms with van der Waals surface area (Å²) in [4.78, 5) is 0. The maximum absolute atomic E-state index is 3.80. The lowest BCUT2D eigenvalue weighted by Gasteiger charge is -2.37. The van der Waals surface area contributed by atoms with Crippen molar-refractivity contribution in [2.75, 3.05) is 6.54 Å². The van der Waals surface area contributed by atoms with Gasteiger partial charge in [0.05, 0.1) is 0 Å². The maximum Gasteiger partial charge on any atom is 0.0348 e. The van der Waals surface area contributed by atoms with Crippen LogP contribution in [0.25, 0.3) is 0 Å². The molecule has 0 heterocycles. The summed E-state index contributed by atoms with van der Waals surface area (Å²) in [6.45, 7) is 8.22. The second kappa shape index (κ2) is 7.09. The summed E-state index contributed by atoms with van der Waals surface area (Å²) in [6, 6.07) is 11.6. The van der Waals surface area contributed by atoms with Gasteiger partial charge in [-0.05, 0) is 55.5 Å². The summed E-state index contributed by atoms with van der Waals surface area (Å²) < 4.78 is 0. The molecule has 19 heavy (non-hydrogen) atoms. The van der Waals surface area contributed by atoms with Crippen molar-refractivity contribution >= 4 is 0 Å². The number of benzene rings is 1. The second-order valence-corrected chi connectivity index (χ2v) is 6.52. The Balaban J connectivity index is 2.12. The summed E-state index contributed by atoms with van der Waals surface area (Å²) in [5.74, 6) is 2.56. The Morgan fingerprint density at radius 3 is 2.26 bits per heavy atom. The molecular formula is C18H29N. The fourth-order valence-corrected chi connectivity index (χ4v) is 3.80. The predicted molar refractivity (Wildman–Crippen MR) is 83.1 cm³/mol. The van der Waals surface area contributed by atoms with Crippen LogP contribution < -0.4 is 5.32 Å². The van der Waals surface area contributed by atoms with E-state index in [9.17, 15) is 0 Å². The molecule has 0 amide bonds. The van der Waals surface area contributed by atoms with Crippen molar-refractivity contribution in [1.29, 1.82) is 0 Å². The fourth-order valence-electron chi connectivity index (χ4n) is 3.80. The molecule has 0 spiro atoms. The van der Waals surface area contributed by atoms with Crippen molar-refractivity contribution in [2.45, 2.75) is 52.5 Å². The molecular weight excluding hydrogens is 230 g/mol. The van der Waals surface area contributed by atoms with Gasteiger partial charge in [0.1, 0.15) is 0 Å². The highest BCUT2D eigenvalue weighted by Gasteiger charge is 2.30. The number of hydrogen-bond donors (Lipinski definition) is 1. The molecule has 1 nitrogen and oxygen atoms in total. The molecule has 1 heteroatoms. The van der Waals surface area contributed by atoms with Gasteiger partial charge >= 0.3 is 0 Å². The predicted octanol–water partition coefficient (Wildman–Crippen LogP) is 4.80. The van der Waals surface area contributed by atoms with Crippen LogP contribution in [0.15, 0.2) is 30.3 Å². The Bertz CT molecular complexity index is 349. The van der Waals surface area contributed by atoms with E-state index in [2.05, 4.69) is 56.4 Å². The van der Waals surface area contributed by atoms with E-state index in [0.717, 1.165) is 24.3 Å². The molecule has 3 atom stereocenters. The molecule has 0 aliphatic heterocycles. The fraction of sp³-hybridized carbons (Fsp3) is 0.667. The van der Waals surface area contributed by atoms with Gasteiger partial charge in [-0.15, -0.1) is 0 Å². The molecule has 0 bridgehead atoms. The molecule has 1 saturated carbocycles. The lowest BCUT2D eigenvalue weighted by Crippen LogP contribution is -2.33. The van der Waals surface area contributed by atoms with Gasteiger partial charge < -0.3 is 5.32 Å². The van der Waals surface area contributed by atoms with Crippen molar-refractivity contribution < 1.29 is 0 Å². The molecule has 1 aromatic carbocycles. The topological polar surface area (TPSA) is 12.0 Å². The first-order chi connectivity index (χ1) is 9.20. The molecule has 1 aliphatic rings. The van der Waals surface area contributed by atoms with E-state index < -0.39 is 0 Å². The molecule has 0 aromatic heterocycles. The Labute approximate surface area is 118 Å². The molecule has 0 saturated heterocycles. The molecule has 1 N–H and O–H groups in total. The SMILES string of the molecule is CCCNC(c1ccccc1)C1CC(C)CC(C)C1. The van der Waals surface area contributed by atoms with E-state index in [1.165, 1.54) is 31.2 Å². The van der Waals surface area contributed by atoms with Crippen molar-refractivity contribution in [3.63, 3.8) is 0 Å². The minimum Gasteiger partial charge on any atom is -0.310 e. The standard InChI is InChI=1S/C18H29N/c1-4-10-19-18(16-8-6-5-7-9-16)17-12-14(2)11-15(3)13-17/h5-9,14-15,17-19H,4,10-13H2,1-3H3. The van der Waals surface area contributed by atoms with Crippen LogP contribution >= 0.6 is 0 Å². The van der Waals surface area contributed by atoms with E-state index in [4.69, 9.17) is 0 Å². The Morgan fingerprint density at radius 2 is 1.68 bits per heavy atom. The number of nitrogens with one attached hydrogen (secondary N) is 1. The van der Waals surface area contributed by atoms with Crippen LogP contribution in [0.3, 0.4) is 0 Å². The van der Waals surface area contributed by atoms with Gasteiger partial charge in [-0.2, -0.15) is 0 Å². The monoisotopic (exact) mass is 259 g/mol. The summed E-state index contributed by atoms with van der Waals surface area (Å²) in [5, 5.41) is 3.80. The summed E-state index contributed by atoms with van der Waals surface area (Å²) >= 11 is 0. The van der Waals surface area contributed by atoms with Crippen LogP contribution in [-0.4, -0.2) is 6.54 Å². The molecule has 1 aliphatic carbocycles. The third kappa shape index (κ3) is 4.07. The van der Waals surface area contributed by atoms with Crippen LogP contribution in [0.2, 0.25) is 0 Å². The Hall–Kier alpha value is -0.820. The van der Waals surface area contributed by atoms with E-state index in [-0.39, 0.29) is 0 Å². The van der Waals surface area contributed by atoms with Gasteiger partial charge in [0.2, 0.25) is 0 Å². The van der Waals surface area contributed by atoms with Gasteiger partial charge in [0, 0.05) is 6.04 Å². The molecule has 1 aromatic rings. The van der Waals surface area contributed by atoms with Gasteiger partial charge in [-0.3, -0.25) is 0 Å². The normalized spacial score (nSPS) is 29.1. The largest absolute Gasteiger partial charge is 0.310 e. The van der Waals surface area contributed by atoms with Crippen LogP contribution in [0.1, 0.15) is 58.1 Å². The molecule has 2 rings (SSSR count). The van der Waals surface area contributed by atoms with E-state index >= 15 is 0 Å². The van der Waals surface area contributed by atoms with Gasteiger partial charge in [-0.1, -0.05) is 51.1 Å². The minimum absolute atomic E-state index is 0.548. The number of rotatable bonds is 5. The van der Waals surface area contributed by atoms with E-state index in [1.54, 1.807) is 0 Å². The first-order valence-electron chi connectivity index (χ1n) is 7.99. The highest BCUT2D eigenvalue weighted by molar-refractivity contribution is 5.20. The third-order valence-electron chi connectivity index (χ3n) is 4.46. The average Bonchev–Trinajstić information content (AvgIpc) is 2.39. The van der Waals surface area contributed by atoms with Crippen LogP contribution in [0, 0.1) is 17.8 Å². The van der Waals surface area contributed by atoms with Gasteiger partial charge in [0.25, 0.3) is 0 Å². The van der Waals surface area contributed by atoms with Crippen molar-refractivity contribution in [3.8, 4) is 0 Å². The zero-order valence-electron chi connectivity index (χ0n) is 12.7. The summed E-state index contributed by atoms with van der Waals surface area (Å²) in [6.07, 6.45) is 5.37. The zero-order valence-corrected chi connectivity index (χ0v) is 12.7. The maximum atomic E-state index is 3.80. The molecule has 3 unspecified atom stereocenters. The smallest absolute Gasteiger partial charge is 0.0348 e. The van der Waals surface area contributed by atoms with Gasteiger partial charge in [-0.25, -0.2) is 0 Å². The van der Waals surface area contributed by atoms with Crippen LogP contribution in [0.4, 0.5) is 0 Å². The molecule has 1 fully saturated rings. The minimum atomic E-state index is 0.548. The molecule has 106 valence electrons.